The van der Waals surface area contributed by atoms with Gasteiger partial charge in [0.25, 0.3) is 5.91 Å². The Bertz CT molecular complexity index is 988. The lowest BCUT2D eigenvalue weighted by Crippen LogP contribution is -2.29. The van der Waals surface area contributed by atoms with Crippen LogP contribution in [0.1, 0.15) is 10.4 Å². The fourth-order valence-corrected chi connectivity index (χ4v) is 2.58. The molecule has 25 heavy (non-hydrogen) atoms. The molecule has 0 atom stereocenters. The van der Waals surface area contributed by atoms with Crippen molar-refractivity contribution in [1.29, 1.82) is 0 Å². The van der Waals surface area contributed by atoms with Crippen LogP contribution in [0.3, 0.4) is 0 Å². The quantitative estimate of drug-likeness (QED) is 0.471. The van der Waals surface area contributed by atoms with E-state index in [4.69, 9.17) is 23.2 Å². The molecule has 0 saturated carbocycles. The number of hydrogen-bond acceptors (Lipinski definition) is 4. The van der Waals surface area contributed by atoms with E-state index in [1.165, 1.54) is 18.3 Å². The van der Waals surface area contributed by atoms with Crippen LogP contribution in [0.15, 0.2) is 47.4 Å². The molecular weight excluding hydrogens is 363 g/mol. The summed E-state index contributed by atoms with van der Waals surface area (Å²) in [7, 11) is 0. The summed E-state index contributed by atoms with van der Waals surface area (Å²) in [4.78, 5) is 31.0. The highest BCUT2D eigenvalue weighted by atomic mass is 35.5. The zero-order valence-electron chi connectivity index (χ0n) is 13.0. The third kappa shape index (κ3) is 4.10. The lowest BCUT2D eigenvalue weighted by Gasteiger charge is -2.09. The number of hydrogen-bond donors (Lipinski definition) is 3. The summed E-state index contributed by atoms with van der Waals surface area (Å²) in [6.45, 7) is 0.794. The van der Waals surface area contributed by atoms with Crippen LogP contribution in [0.25, 0.3) is 10.9 Å². The van der Waals surface area contributed by atoms with Crippen LogP contribution in [-0.2, 0) is 0 Å². The highest BCUT2D eigenvalue weighted by Gasteiger charge is 2.08. The minimum Gasteiger partial charge on any atom is -0.370 e. The fourth-order valence-electron chi connectivity index (χ4n) is 2.31. The fraction of sp³-hybridized carbons (Fsp3) is 0.118. The first kappa shape index (κ1) is 17.3. The molecule has 0 aliphatic rings. The summed E-state index contributed by atoms with van der Waals surface area (Å²) in [6.07, 6.45) is 1.36. The Morgan fingerprint density at radius 2 is 1.96 bits per heavy atom. The van der Waals surface area contributed by atoms with E-state index < -0.39 is 0 Å². The number of amides is 1. The van der Waals surface area contributed by atoms with Crippen LogP contribution < -0.4 is 16.1 Å². The first-order valence-electron chi connectivity index (χ1n) is 7.50. The zero-order chi connectivity index (χ0) is 17.8. The lowest BCUT2D eigenvalue weighted by atomic mass is 10.2. The van der Waals surface area contributed by atoms with Crippen molar-refractivity contribution < 1.29 is 4.79 Å². The number of halogens is 2. The molecule has 0 bridgehead atoms. The van der Waals surface area contributed by atoms with Crippen molar-refractivity contribution in [2.75, 3.05) is 18.4 Å². The second-order valence-electron chi connectivity index (χ2n) is 5.27. The number of fused-ring (bicyclic) bond motifs is 1. The van der Waals surface area contributed by atoms with E-state index in [9.17, 15) is 9.59 Å². The van der Waals surface area contributed by atoms with Gasteiger partial charge in [-0.3, -0.25) is 9.59 Å². The molecule has 6 nitrogen and oxygen atoms in total. The van der Waals surface area contributed by atoms with E-state index in [0.29, 0.717) is 29.9 Å². The van der Waals surface area contributed by atoms with Crippen molar-refractivity contribution in [2.24, 2.45) is 0 Å². The molecule has 0 aliphatic heterocycles. The summed E-state index contributed by atoms with van der Waals surface area (Å²) in [5, 5.41) is 6.81. The number of anilines is 1. The van der Waals surface area contributed by atoms with Gasteiger partial charge < -0.3 is 15.6 Å². The maximum atomic E-state index is 12.0. The number of aromatic nitrogens is 2. The molecule has 0 fully saturated rings. The van der Waals surface area contributed by atoms with Crippen LogP contribution in [0.4, 0.5) is 5.82 Å². The molecule has 2 heterocycles. The number of pyridine rings is 2. The molecule has 1 amide bonds. The SMILES string of the molecule is O=C(NCCNc1cc(=O)c2ccccc2[nH]1)c1cnc(Cl)c(Cl)c1. The standard InChI is InChI=1S/C17H14Cl2N4O2/c18-12-7-10(9-22-16(12)19)17(25)21-6-5-20-15-8-14(24)11-3-1-2-4-13(11)23-15/h1-4,7-9H,5-6H2,(H,21,25)(H2,20,23,24). The van der Waals surface area contributed by atoms with Gasteiger partial charge in [0, 0.05) is 30.7 Å². The molecular formula is C17H14Cl2N4O2. The second-order valence-corrected chi connectivity index (χ2v) is 6.04. The maximum absolute atomic E-state index is 12.0. The van der Waals surface area contributed by atoms with Gasteiger partial charge in [-0.25, -0.2) is 4.98 Å². The number of aromatic amines is 1. The Morgan fingerprint density at radius 1 is 1.16 bits per heavy atom. The predicted octanol–water partition coefficient (Wildman–Crippen LogP) is 3.07. The summed E-state index contributed by atoms with van der Waals surface area (Å²) in [6, 6.07) is 10.2. The highest BCUT2D eigenvalue weighted by molar-refractivity contribution is 6.41. The minimum atomic E-state index is -0.306. The molecule has 3 aromatic rings. The Kier molecular flexibility index (Phi) is 5.21. The number of benzene rings is 1. The van der Waals surface area contributed by atoms with Crippen molar-refractivity contribution in [3.8, 4) is 0 Å². The van der Waals surface area contributed by atoms with Crippen LogP contribution in [0.2, 0.25) is 10.2 Å². The van der Waals surface area contributed by atoms with E-state index in [1.54, 1.807) is 6.07 Å². The van der Waals surface area contributed by atoms with E-state index in [2.05, 4.69) is 20.6 Å². The number of nitrogens with zero attached hydrogens (tertiary/aromatic N) is 1. The van der Waals surface area contributed by atoms with Gasteiger partial charge in [0.05, 0.1) is 16.1 Å². The normalized spacial score (nSPS) is 10.6. The van der Waals surface area contributed by atoms with Crippen LogP contribution >= 0.6 is 23.2 Å². The Hall–Kier alpha value is -2.57. The van der Waals surface area contributed by atoms with Crippen molar-refractivity contribution >= 4 is 45.8 Å². The number of nitrogens with one attached hydrogen (secondary N) is 3. The molecule has 0 aliphatic carbocycles. The smallest absolute Gasteiger partial charge is 0.252 e. The summed E-state index contributed by atoms with van der Waals surface area (Å²) in [5.41, 5.74) is 1.01. The average Bonchev–Trinajstić information content (AvgIpc) is 2.61. The molecule has 128 valence electrons. The minimum absolute atomic E-state index is 0.0669. The monoisotopic (exact) mass is 376 g/mol. The number of carbonyl (C=O) groups excluding carboxylic acids is 1. The van der Waals surface area contributed by atoms with Crippen LogP contribution in [-0.4, -0.2) is 29.0 Å². The van der Waals surface area contributed by atoms with Crippen LogP contribution in [0, 0.1) is 0 Å². The van der Waals surface area contributed by atoms with Crippen molar-refractivity contribution in [3.63, 3.8) is 0 Å². The van der Waals surface area contributed by atoms with Gasteiger partial charge >= 0.3 is 0 Å². The van der Waals surface area contributed by atoms with Gasteiger partial charge in [0.15, 0.2) is 5.43 Å². The van der Waals surface area contributed by atoms with Gasteiger partial charge in [0.1, 0.15) is 11.0 Å². The zero-order valence-corrected chi connectivity index (χ0v) is 14.5. The molecule has 1 aromatic carbocycles. The Labute approximate surface area is 153 Å². The summed E-state index contributed by atoms with van der Waals surface area (Å²) < 4.78 is 0. The van der Waals surface area contributed by atoms with Gasteiger partial charge in [-0.2, -0.15) is 0 Å². The van der Waals surface area contributed by atoms with E-state index in [1.807, 2.05) is 18.2 Å². The van der Waals surface area contributed by atoms with Crippen LogP contribution in [0.5, 0.6) is 0 Å². The van der Waals surface area contributed by atoms with Gasteiger partial charge in [-0.05, 0) is 18.2 Å². The maximum Gasteiger partial charge on any atom is 0.252 e. The molecule has 0 unspecified atom stereocenters. The second kappa shape index (κ2) is 7.55. The molecule has 3 rings (SSSR count). The molecule has 8 heteroatoms. The summed E-state index contributed by atoms with van der Waals surface area (Å²) >= 11 is 11.6. The van der Waals surface area contributed by atoms with Crippen molar-refractivity contribution in [2.45, 2.75) is 0 Å². The number of H-pyrrole nitrogens is 1. The largest absolute Gasteiger partial charge is 0.370 e. The molecule has 3 N–H and O–H groups in total. The average molecular weight is 377 g/mol. The number of para-hydroxylation sites is 1. The first-order chi connectivity index (χ1) is 12.0. The molecule has 2 aromatic heterocycles. The van der Waals surface area contributed by atoms with E-state index >= 15 is 0 Å². The molecule has 0 spiro atoms. The Balaban J connectivity index is 1.57. The predicted molar refractivity (Wildman–Crippen MR) is 99.6 cm³/mol. The van der Waals surface area contributed by atoms with Crippen molar-refractivity contribution in [1.82, 2.24) is 15.3 Å². The Morgan fingerprint density at radius 3 is 2.76 bits per heavy atom. The number of rotatable bonds is 5. The highest BCUT2D eigenvalue weighted by Crippen LogP contribution is 2.19. The topological polar surface area (TPSA) is 86.9 Å². The number of carbonyl (C=O) groups is 1. The lowest BCUT2D eigenvalue weighted by molar-refractivity contribution is 0.0955. The van der Waals surface area contributed by atoms with E-state index in [-0.39, 0.29) is 21.5 Å². The third-order valence-corrected chi connectivity index (χ3v) is 4.21. The molecule has 0 saturated heterocycles. The van der Waals surface area contributed by atoms with Crippen molar-refractivity contribution in [3.05, 3.63) is 68.6 Å². The van der Waals surface area contributed by atoms with E-state index in [0.717, 1.165) is 5.52 Å². The van der Waals surface area contributed by atoms with Gasteiger partial charge in [-0.15, -0.1) is 0 Å². The third-order valence-electron chi connectivity index (χ3n) is 3.52. The van der Waals surface area contributed by atoms with Gasteiger partial charge in [0.2, 0.25) is 0 Å². The first-order valence-corrected chi connectivity index (χ1v) is 8.25. The molecule has 0 radical (unpaired) electrons. The van der Waals surface area contributed by atoms with Gasteiger partial charge in [-0.1, -0.05) is 35.3 Å². The summed E-state index contributed by atoms with van der Waals surface area (Å²) in [5.74, 6) is 0.286.